The van der Waals surface area contributed by atoms with E-state index in [1.807, 2.05) is 0 Å². The summed E-state index contributed by atoms with van der Waals surface area (Å²) in [7, 11) is 0. The molecule has 118 valence electrons. The molecule has 2 amide bonds. The van der Waals surface area contributed by atoms with Crippen LogP contribution in [0.1, 0.15) is 12.8 Å². The van der Waals surface area contributed by atoms with Crippen molar-refractivity contribution in [1.29, 1.82) is 0 Å². The van der Waals surface area contributed by atoms with Crippen LogP contribution in [0.5, 0.6) is 0 Å². The molecule has 1 N–H and O–H groups in total. The summed E-state index contributed by atoms with van der Waals surface area (Å²) < 4.78 is 12.1. The van der Waals surface area contributed by atoms with Crippen LogP contribution in [0.15, 0.2) is 28.7 Å². The zero-order valence-corrected chi connectivity index (χ0v) is 13.6. The maximum atomic E-state index is 12.2. The average molecular weight is 369 g/mol. The van der Waals surface area contributed by atoms with E-state index in [4.69, 9.17) is 9.47 Å². The van der Waals surface area contributed by atoms with Gasteiger partial charge in [-0.05, 0) is 24.3 Å². The molecule has 2 heterocycles. The molecule has 2 aliphatic rings. The van der Waals surface area contributed by atoms with Crippen molar-refractivity contribution >= 4 is 33.4 Å². The molecule has 0 atom stereocenters. The number of benzene rings is 1. The van der Waals surface area contributed by atoms with Gasteiger partial charge in [0.05, 0.1) is 13.2 Å². The number of piperidine rings is 1. The molecule has 0 bridgehead atoms. The molecule has 3 rings (SSSR count). The van der Waals surface area contributed by atoms with Crippen molar-refractivity contribution in [3.63, 3.8) is 0 Å². The van der Waals surface area contributed by atoms with Crippen LogP contribution in [0.3, 0.4) is 0 Å². The van der Waals surface area contributed by atoms with Crippen LogP contribution in [0.2, 0.25) is 0 Å². The van der Waals surface area contributed by atoms with Crippen molar-refractivity contribution in [3.8, 4) is 0 Å². The summed E-state index contributed by atoms with van der Waals surface area (Å²) in [6.07, 6.45) is 1.20. The van der Waals surface area contributed by atoms with E-state index in [0.717, 1.165) is 4.47 Å². The van der Waals surface area contributed by atoms with Crippen LogP contribution in [0.4, 0.5) is 5.69 Å². The average Bonchev–Trinajstić information content (AvgIpc) is 2.98. The van der Waals surface area contributed by atoms with Gasteiger partial charge in [0, 0.05) is 36.1 Å². The molecule has 2 saturated heterocycles. The minimum atomic E-state index is -0.619. The lowest BCUT2D eigenvalue weighted by Crippen LogP contribution is -2.50. The predicted octanol–water partition coefficient (Wildman–Crippen LogP) is 1.75. The highest BCUT2D eigenvalue weighted by atomic mass is 79.9. The molecule has 1 spiro atoms. The summed E-state index contributed by atoms with van der Waals surface area (Å²) in [6, 6.07) is 7.08. The van der Waals surface area contributed by atoms with Crippen molar-refractivity contribution in [1.82, 2.24) is 4.90 Å². The Labute approximate surface area is 136 Å². The van der Waals surface area contributed by atoms with Crippen LogP contribution in [-0.2, 0) is 19.1 Å². The molecule has 1 aromatic carbocycles. The molecule has 0 aliphatic carbocycles. The second-order valence-corrected chi connectivity index (χ2v) is 6.28. The first kappa shape index (κ1) is 15.5. The number of likely N-dealkylation sites (tertiary alicyclic amines) is 1. The molecule has 0 radical (unpaired) electrons. The Bertz CT molecular complexity index is 559. The summed E-state index contributed by atoms with van der Waals surface area (Å²) in [5.74, 6) is -1.68. The van der Waals surface area contributed by atoms with E-state index in [0.29, 0.717) is 44.8 Å². The Hall–Kier alpha value is -1.44. The van der Waals surface area contributed by atoms with Crippen molar-refractivity contribution in [3.05, 3.63) is 28.7 Å². The molecule has 0 aromatic heterocycles. The van der Waals surface area contributed by atoms with Gasteiger partial charge in [-0.1, -0.05) is 15.9 Å². The van der Waals surface area contributed by atoms with Gasteiger partial charge in [-0.25, -0.2) is 0 Å². The fraction of sp³-hybridized carbons (Fsp3) is 0.467. The van der Waals surface area contributed by atoms with E-state index in [-0.39, 0.29) is 0 Å². The molecule has 0 unspecified atom stereocenters. The van der Waals surface area contributed by atoms with Gasteiger partial charge in [0.1, 0.15) is 0 Å². The molecule has 0 saturated carbocycles. The summed E-state index contributed by atoms with van der Waals surface area (Å²) >= 11 is 3.32. The number of carbonyl (C=O) groups excluding carboxylic acids is 2. The standard InChI is InChI=1S/C15H17BrN2O4/c16-11-1-3-12(4-2-11)17-13(19)14(20)18-7-5-15(6-8-18)21-9-10-22-15/h1-4H,5-10H2,(H,17,19). The maximum absolute atomic E-state index is 12.2. The van der Waals surface area contributed by atoms with E-state index in [9.17, 15) is 9.59 Å². The van der Waals surface area contributed by atoms with Crippen LogP contribution in [0, 0.1) is 0 Å². The highest BCUT2D eigenvalue weighted by molar-refractivity contribution is 9.10. The quantitative estimate of drug-likeness (QED) is 0.766. The van der Waals surface area contributed by atoms with Gasteiger partial charge in [0.25, 0.3) is 0 Å². The fourth-order valence-corrected chi connectivity index (χ4v) is 2.96. The molecule has 7 heteroatoms. The summed E-state index contributed by atoms with van der Waals surface area (Å²) in [4.78, 5) is 25.8. The number of nitrogens with zero attached hydrogens (tertiary/aromatic N) is 1. The van der Waals surface area contributed by atoms with Gasteiger partial charge in [-0.2, -0.15) is 0 Å². The van der Waals surface area contributed by atoms with Crippen LogP contribution >= 0.6 is 15.9 Å². The summed E-state index contributed by atoms with van der Waals surface area (Å²) in [5, 5.41) is 2.61. The Morgan fingerprint density at radius 1 is 1.09 bits per heavy atom. The lowest BCUT2D eigenvalue weighted by atomic mass is 10.0. The molecular formula is C15H17BrN2O4. The number of hydrogen-bond acceptors (Lipinski definition) is 4. The zero-order valence-electron chi connectivity index (χ0n) is 12.0. The zero-order chi connectivity index (χ0) is 15.6. The van der Waals surface area contributed by atoms with Crippen LogP contribution in [0.25, 0.3) is 0 Å². The fourth-order valence-electron chi connectivity index (χ4n) is 2.70. The van der Waals surface area contributed by atoms with Gasteiger partial charge < -0.3 is 19.7 Å². The Morgan fingerprint density at radius 3 is 2.27 bits per heavy atom. The van der Waals surface area contributed by atoms with E-state index in [1.165, 1.54) is 0 Å². The number of ether oxygens (including phenoxy) is 2. The van der Waals surface area contributed by atoms with Gasteiger partial charge in [-0.3, -0.25) is 9.59 Å². The van der Waals surface area contributed by atoms with Crippen molar-refractivity contribution in [2.24, 2.45) is 0 Å². The van der Waals surface area contributed by atoms with Gasteiger partial charge in [-0.15, -0.1) is 0 Å². The number of carbonyl (C=O) groups is 2. The Morgan fingerprint density at radius 2 is 1.68 bits per heavy atom. The first-order chi connectivity index (χ1) is 10.6. The summed E-state index contributed by atoms with van der Waals surface area (Å²) in [5.41, 5.74) is 0.595. The highest BCUT2D eigenvalue weighted by Crippen LogP contribution is 2.31. The summed E-state index contributed by atoms with van der Waals surface area (Å²) in [6.45, 7) is 2.12. The number of rotatable bonds is 1. The molecule has 22 heavy (non-hydrogen) atoms. The maximum Gasteiger partial charge on any atom is 0.313 e. The molecule has 1 aromatic rings. The molecule has 2 aliphatic heterocycles. The van der Waals surface area contributed by atoms with Gasteiger partial charge in [0.15, 0.2) is 5.79 Å². The largest absolute Gasteiger partial charge is 0.347 e. The number of hydrogen-bond donors (Lipinski definition) is 1. The molecule has 6 nitrogen and oxygen atoms in total. The number of anilines is 1. The SMILES string of the molecule is O=C(Nc1ccc(Br)cc1)C(=O)N1CCC2(CC1)OCCO2. The first-order valence-electron chi connectivity index (χ1n) is 7.22. The second-order valence-electron chi connectivity index (χ2n) is 5.36. The van der Waals surface area contributed by atoms with Gasteiger partial charge in [0.2, 0.25) is 0 Å². The topological polar surface area (TPSA) is 67.9 Å². The third-order valence-electron chi connectivity index (χ3n) is 3.92. The lowest BCUT2D eigenvalue weighted by Gasteiger charge is -2.37. The van der Waals surface area contributed by atoms with E-state index >= 15 is 0 Å². The van der Waals surface area contributed by atoms with E-state index < -0.39 is 17.6 Å². The second kappa shape index (κ2) is 6.36. The number of halogens is 1. The highest BCUT2D eigenvalue weighted by Gasteiger charge is 2.41. The van der Waals surface area contributed by atoms with Crippen molar-refractivity contribution < 1.29 is 19.1 Å². The van der Waals surface area contributed by atoms with Gasteiger partial charge >= 0.3 is 11.8 Å². The van der Waals surface area contributed by atoms with E-state index in [1.54, 1.807) is 29.2 Å². The number of amides is 2. The van der Waals surface area contributed by atoms with Crippen molar-refractivity contribution in [2.45, 2.75) is 18.6 Å². The monoisotopic (exact) mass is 368 g/mol. The van der Waals surface area contributed by atoms with Crippen LogP contribution in [-0.4, -0.2) is 48.8 Å². The lowest BCUT2D eigenvalue weighted by molar-refractivity contribution is -0.187. The van der Waals surface area contributed by atoms with E-state index in [2.05, 4.69) is 21.2 Å². The minimum Gasteiger partial charge on any atom is -0.347 e. The minimum absolute atomic E-state index is 0.465. The van der Waals surface area contributed by atoms with Crippen LogP contribution < -0.4 is 5.32 Å². The third-order valence-corrected chi connectivity index (χ3v) is 4.45. The third kappa shape index (κ3) is 3.31. The Kier molecular flexibility index (Phi) is 4.46. The molecule has 2 fully saturated rings. The molecular weight excluding hydrogens is 352 g/mol. The van der Waals surface area contributed by atoms with Crippen molar-refractivity contribution in [2.75, 3.05) is 31.6 Å². The normalized spacial score (nSPS) is 20.1. The first-order valence-corrected chi connectivity index (χ1v) is 8.01. The predicted molar refractivity (Wildman–Crippen MR) is 83.2 cm³/mol. The smallest absolute Gasteiger partial charge is 0.313 e. The Balaban J connectivity index is 1.55. The number of nitrogens with one attached hydrogen (secondary N) is 1.